The number of esters is 1. The summed E-state index contributed by atoms with van der Waals surface area (Å²) in [6, 6.07) is 10.5. The highest BCUT2D eigenvalue weighted by Crippen LogP contribution is 2.18. The van der Waals surface area contributed by atoms with Crippen molar-refractivity contribution in [2.45, 2.75) is 38.4 Å². The Balaban J connectivity index is 2.42. The topological polar surface area (TPSA) is 26.3 Å². The van der Waals surface area contributed by atoms with Crippen LogP contribution in [0.5, 0.6) is 0 Å². The van der Waals surface area contributed by atoms with E-state index in [4.69, 9.17) is 4.74 Å². The Bertz CT molecular complexity index is 426. The molecule has 0 aliphatic rings. The highest BCUT2D eigenvalue weighted by Gasteiger charge is 2.18. The summed E-state index contributed by atoms with van der Waals surface area (Å²) in [5.74, 6) is -0.101. The van der Waals surface area contributed by atoms with Crippen molar-refractivity contribution >= 4 is 17.7 Å². The molecule has 20 heavy (non-hydrogen) atoms. The van der Waals surface area contributed by atoms with Crippen LogP contribution < -0.4 is 0 Å². The fraction of sp³-hybridized carbons (Fsp3) is 0.471. The number of thioether (sulfide) groups is 1. The Labute approximate surface area is 126 Å². The van der Waals surface area contributed by atoms with Crippen LogP contribution in [0.25, 0.3) is 0 Å². The Morgan fingerprint density at radius 2 is 2.05 bits per heavy atom. The molecule has 1 rings (SSSR count). The van der Waals surface area contributed by atoms with Crippen molar-refractivity contribution in [3.63, 3.8) is 0 Å². The third-order valence-electron chi connectivity index (χ3n) is 3.11. The number of hydrogen-bond donors (Lipinski definition) is 0. The van der Waals surface area contributed by atoms with Gasteiger partial charge in [-0.25, -0.2) is 0 Å². The lowest BCUT2D eigenvalue weighted by molar-refractivity contribution is -0.142. The molecule has 0 amide bonds. The summed E-state index contributed by atoms with van der Waals surface area (Å²) >= 11 is 1.56. The zero-order valence-corrected chi connectivity index (χ0v) is 13.4. The van der Waals surface area contributed by atoms with Crippen molar-refractivity contribution in [2.24, 2.45) is 0 Å². The SMILES string of the molecule is CCOC(=O)C(C/C(C)=C/CCc1ccccc1)SC. The predicted octanol–water partition coefficient (Wildman–Crippen LogP) is 4.25. The van der Waals surface area contributed by atoms with Gasteiger partial charge in [0, 0.05) is 0 Å². The largest absolute Gasteiger partial charge is 0.465 e. The van der Waals surface area contributed by atoms with Gasteiger partial charge in [-0.15, -0.1) is 11.8 Å². The summed E-state index contributed by atoms with van der Waals surface area (Å²) in [6.07, 6.45) is 7.02. The molecule has 1 aromatic carbocycles. The standard InChI is InChI=1S/C17H24O2S/c1-4-19-17(18)16(20-3)13-14(2)9-8-12-15-10-6-5-7-11-15/h5-7,9-11,16H,4,8,12-13H2,1-3H3/b14-9+. The molecule has 0 bridgehead atoms. The molecule has 0 saturated carbocycles. The Hall–Kier alpha value is -1.22. The fourth-order valence-corrected chi connectivity index (χ4v) is 2.69. The summed E-state index contributed by atoms with van der Waals surface area (Å²) in [5, 5.41) is -0.0806. The maximum absolute atomic E-state index is 11.7. The lowest BCUT2D eigenvalue weighted by atomic mass is 10.1. The lowest BCUT2D eigenvalue weighted by Gasteiger charge is -2.13. The molecule has 0 spiro atoms. The summed E-state index contributed by atoms with van der Waals surface area (Å²) in [5.41, 5.74) is 2.61. The fourth-order valence-electron chi connectivity index (χ4n) is 2.00. The van der Waals surface area contributed by atoms with Crippen molar-refractivity contribution in [1.82, 2.24) is 0 Å². The third-order valence-corrected chi connectivity index (χ3v) is 4.04. The van der Waals surface area contributed by atoms with E-state index in [1.165, 1.54) is 11.1 Å². The summed E-state index contributed by atoms with van der Waals surface area (Å²) < 4.78 is 5.08. The maximum atomic E-state index is 11.7. The minimum atomic E-state index is -0.101. The van der Waals surface area contributed by atoms with Crippen LogP contribution in [0.3, 0.4) is 0 Å². The van der Waals surface area contributed by atoms with Crippen LogP contribution in [0.2, 0.25) is 0 Å². The number of carbonyl (C=O) groups is 1. The number of rotatable bonds is 8. The average molecular weight is 292 g/mol. The van der Waals surface area contributed by atoms with Crippen molar-refractivity contribution < 1.29 is 9.53 Å². The van der Waals surface area contributed by atoms with Crippen molar-refractivity contribution in [3.05, 3.63) is 47.5 Å². The van der Waals surface area contributed by atoms with Crippen molar-refractivity contribution in [3.8, 4) is 0 Å². The Kier molecular flexibility index (Phi) is 8.12. The van der Waals surface area contributed by atoms with Crippen LogP contribution in [0.15, 0.2) is 42.0 Å². The number of carbonyl (C=O) groups excluding carboxylic acids is 1. The summed E-state index contributed by atoms with van der Waals surface area (Å²) in [7, 11) is 0. The van der Waals surface area contributed by atoms with E-state index in [-0.39, 0.29) is 11.2 Å². The van der Waals surface area contributed by atoms with E-state index in [9.17, 15) is 4.79 Å². The number of aryl methyl sites for hydroxylation is 1. The first-order chi connectivity index (χ1) is 9.67. The van der Waals surface area contributed by atoms with Crippen LogP contribution in [-0.4, -0.2) is 24.1 Å². The Morgan fingerprint density at radius 1 is 1.35 bits per heavy atom. The molecule has 0 heterocycles. The molecule has 1 aromatic rings. The van der Waals surface area contributed by atoms with Crippen molar-refractivity contribution in [1.29, 1.82) is 0 Å². The van der Waals surface area contributed by atoms with Crippen LogP contribution in [0.4, 0.5) is 0 Å². The van der Waals surface area contributed by atoms with E-state index in [1.807, 2.05) is 19.2 Å². The third kappa shape index (κ3) is 6.29. The van der Waals surface area contributed by atoms with Gasteiger partial charge in [0.2, 0.25) is 0 Å². The minimum absolute atomic E-state index is 0.0806. The van der Waals surface area contributed by atoms with Gasteiger partial charge in [0.25, 0.3) is 0 Å². The van der Waals surface area contributed by atoms with E-state index in [0.717, 1.165) is 19.3 Å². The van der Waals surface area contributed by atoms with Gasteiger partial charge < -0.3 is 4.74 Å². The molecule has 3 heteroatoms. The number of allylic oxidation sites excluding steroid dienone is 2. The molecule has 0 aliphatic carbocycles. The number of ether oxygens (including phenoxy) is 1. The smallest absolute Gasteiger partial charge is 0.319 e. The lowest BCUT2D eigenvalue weighted by Crippen LogP contribution is -2.20. The molecule has 0 aromatic heterocycles. The first-order valence-corrected chi connectivity index (χ1v) is 8.35. The van der Waals surface area contributed by atoms with E-state index < -0.39 is 0 Å². The second kappa shape index (κ2) is 9.65. The van der Waals surface area contributed by atoms with Gasteiger partial charge in [-0.05, 0) is 44.9 Å². The molecule has 0 N–H and O–H groups in total. The second-order valence-electron chi connectivity index (χ2n) is 4.76. The monoisotopic (exact) mass is 292 g/mol. The summed E-state index contributed by atoms with van der Waals surface area (Å²) in [4.78, 5) is 11.7. The first-order valence-electron chi connectivity index (χ1n) is 7.06. The number of benzene rings is 1. The van der Waals surface area contributed by atoms with E-state index in [1.54, 1.807) is 11.8 Å². The molecule has 110 valence electrons. The van der Waals surface area contributed by atoms with Gasteiger partial charge in [0.15, 0.2) is 0 Å². The van der Waals surface area contributed by atoms with E-state index in [0.29, 0.717) is 6.61 Å². The molecule has 0 aliphatic heterocycles. The van der Waals surface area contributed by atoms with Crippen LogP contribution in [-0.2, 0) is 16.0 Å². The van der Waals surface area contributed by atoms with Crippen LogP contribution >= 0.6 is 11.8 Å². The average Bonchev–Trinajstić information content (AvgIpc) is 2.46. The molecule has 1 unspecified atom stereocenters. The van der Waals surface area contributed by atoms with Crippen LogP contribution in [0.1, 0.15) is 32.3 Å². The predicted molar refractivity (Wildman–Crippen MR) is 87.1 cm³/mol. The molecule has 0 radical (unpaired) electrons. The van der Waals surface area contributed by atoms with Gasteiger partial charge in [0.05, 0.1) is 6.61 Å². The zero-order valence-electron chi connectivity index (χ0n) is 12.6. The summed E-state index contributed by atoms with van der Waals surface area (Å²) in [6.45, 7) is 4.39. The van der Waals surface area contributed by atoms with Gasteiger partial charge in [0.1, 0.15) is 5.25 Å². The van der Waals surface area contributed by atoms with Crippen LogP contribution in [0, 0.1) is 0 Å². The molecule has 2 nitrogen and oxygen atoms in total. The van der Waals surface area contributed by atoms with Gasteiger partial charge in [-0.1, -0.05) is 42.0 Å². The van der Waals surface area contributed by atoms with Crippen molar-refractivity contribution in [2.75, 3.05) is 12.9 Å². The second-order valence-corrected chi connectivity index (χ2v) is 5.80. The zero-order chi connectivity index (χ0) is 14.8. The van der Waals surface area contributed by atoms with E-state index in [2.05, 4.69) is 37.3 Å². The molecular formula is C17H24O2S. The minimum Gasteiger partial charge on any atom is -0.465 e. The van der Waals surface area contributed by atoms with Gasteiger partial charge in [-0.3, -0.25) is 4.79 Å². The quantitative estimate of drug-likeness (QED) is 0.529. The highest BCUT2D eigenvalue weighted by molar-refractivity contribution is 7.99. The molecular weight excluding hydrogens is 268 g/mol. The normalized spacial score (nSPS) is 13.1. The maximum Gasteiger partial charge on any atom is 0.319 e. The molecule has 1 atom stereocenters. The van der Waals surface area contributed by atoms with E-state index >= 15 is 0 Å². The highest BCUT2D eigenvalue weighted by atomic mass is 32.2. The first kappa shape index (κ1) is 16.8. The van der Waals surface area contributed by atoms with Gasteiger partial charge in [-0.2, -0.15) is 0 Å². The Morgan fingerprint density at radius 3 is 2.65 bits per heavy atom. The van der Waals surface area contributed by atoms with Gasteiger partial charge >= 0.3 is 5.97 Å². The number of hydrogen-bond acceptors (Lipinski definition) is 3. The molecule has 0 fully saturated rings. The molecule has 0 saturated heterocycles.